The number of aliphatic hydroxyl groups excluding tert-OH is 1. The van der Waals surface area contributed by atoms with E-state index in [0.717, 1.165) is 31.7 Å². The number of hydrogen-bond acceptors (Lipinski definition) is 4. The molecule has 1 saturated heterocycles. The van der Waals surface area contributed by atoms with E-state index >= 15 is 0 Å². The molecule has 1 aromatic carbocycles. The number of nitrogens with zero attached hydrogens (tertiary/aromatic N) is 1. The van der Waals surface area contributed by atoms with Crippen molar-refractivity contribution in [3.05, 3.63) is 30.3 Å². The third-order valence-corrected chi connectivity index (χ3v) is 4.58. The van der Waals surface area contributed by atoms with Gasteiger partial charge in [0.05, 0.1) is 19.3 Å². The molecule has 0 radical (unpaired) electrons. The van der Waals surface area contributed by atoms with Crippen LogP contribution in [0.4, 0.5) is 0 Å². The van der Waals surface area contributed by atoms with E-state index in [1.165, 1.54) is 4.90 Å². The van der Waals surface area contributed by atoms with Crippen molar-refractivity contribution in [3.63, 3.8) is 0 Å². The molecular formula is C16H23NO3S. The maximum Gasteiger partial charge on any atom is 0.223 e. The van der Waals surface area contributed by atoms with Crippen LogP contribution in [0.25, 0.3) is 0 Å². The maximum atomic E-state index is 12.1. The number of hydrogen-bond donors (Lipinski definition) is 1. The zero-order valence-electron chi connectivity index (χ0n) is 12.2. The fourth-order valence-corrected chi connectivity index (χ4v) is 3.28. The van der Waals surface area contributed by atoms with Crippen LogP contribution in [0.5, 0.6) is 0 Å². The van der Waals surface area contributed by atoms with Gasteiger partial charge in [-0.05, 0) is 25.0 Å². The topological polar surface area (TPSA) is 49.8 Å². The molecule has 0 aromatic heterocycles. The number of carbonyl (C=O) groups is 1. The van der Waals surface area contributed by atoms with Gasteiger partial charge in [-0.1, -0.05) is 18.2 Å². The standard InChI is InChI=1S/C16H23NO3S/c18-11-12-20-14-6-9-17(10-7-14)16(19)8-13-21-15-4-2-1-3-5-15/h1-5,14,18H,6-13H2. The minimum atomic E-state index is 0.0653. The lowest BCUT2D eigenvalue weighted by Gasteiger charge is -2.32. The second kappa shape index (κ2) is 9.07. The normalized spacial score (nSPS) is 16.1. The van der Waals surface area contributed by atoms with Crippen LogP contribution < -0.4 is 0 Å². The Morgan fingerprint density at radius 2 is 2.00 bits per heavy atom. The fraction of sp³-hybridized carbons (Fsp3) is 0.562. The average Bonchev–Trinajstić information content (AvgIpc) is 2.54. The SMILES string of the molecule is O=C(CCSc1ccccc1)N1CCC(OCCO)CC1. The first-order valence-corrected chi connectivity index (χ1v) is 8.46. The molecule has 1 amide bonds. The highest BCUT2D eigenvalue weighted by Crippen LogP contribution is 2.19. The molecular weight excluding hydrogens is 286 g/mol. The van der Waals surface area contributed by atoms with Gasteiger partial charge in [0.1, 0.15) is 0 Å². The van der Waals surface area contributed by atoms with Crippen LogP contribution in [0.1, 0.15) is 19.3 Å². The summed E-state index contributed by atoms with van der Waals surface area (Å²) < 4.78 is 5.51. The molecule has 1 aliphatic heterocycles. The molecule has 0 unspecified atom stereocenters. The molecule has 0 saturated carbocycles. The number of carbonyl (C=O) groups excluding carboxylic acids is 1. The summed E-state index contributed by atoms with van der Waals surface area (Å²) in [7, 11) is 0. The molecule has 4 nitrogen and oxygen atoms in total. The third-order valence-electron chi connectivity index (χ3n) is 3.57. The number of ether oxygens (including phenoxy) is 1. The molecule has 1 fully saturated rings. The van der Waals surface area contributed by atoms with Crippen molar-refractivity contribution >= 4 is 17.7 Å². The van der Waals surface area contributed by atoms with Crippen LogP contribution >= 0.6 is 11.8 Å². The van der Waals surface area contributed by atoms with Crippen LogP contribution in [0.3, 0.4) is 0 Å². The van der Waals surface area contributed by atoms with Gasteiger partial charge in [-0.3, -0.25) is 4.79 Å². The van der Waals surface area contributed by atoms with Crippen molar-refractivity contribution in [1.82, 2.24) is 4.90 Å². The number of rotatable bonds is 7. The van der Waals surface area contributed by atoms with E-state index in [2.05, 4.69) is 12.1 Å². The average molecular weight is 309 g/mol. The number of likely N-dealkylation sites (tertiary alicyclic amines) is 1. The van der Waals surface area contributed by atoms with Gasteiger partial charge in [0.15, 0.2) is 0 Å². The van der Waals surface area contributed by atoms with E-state index in [-0.39, 0.29) is 18.6 Å². The Labute approximate surface area is 130 Å². The highest BCUT2D eigenvalue weighted by Gasteiger charge is 2.22. The predicted molar refractivity (Wildman–Crippen MR) is 84.4 cm³/mol. The first-order valence-electron chi connectivity index (χ1n) is 7.47. The minimum absolute atomic E-state index is 0.0653. The van der Waals surface area contributed by atoms with Gasteiger partial charge in [0.2, 0.25) is 5.91 Å². The Bertz CT molecular complexity index is 419. The predicted octanol–water partition coefficient (Wildman–Crippen LogP) is 2.17. The maximum absolute atomic E-state index is 12.1. The largest absolute Gasteiger partial charge is 0.394 e. The summed E-state index contributed by atoms with van der Waals surface area (Å²) in [5.41, 5.74) is 0. The Morgan fingerprint density at radius 3 is 2.67 bits per heavy atom. The Kier molecular flexibility index (Phi) is 7.06. The Hall–Kier alpha value is -1.04. The van der Waals surface area contributed by atoms with Gasteiger partial charge >= 0.3 is 0 Å². The monoisotopic (exact) mass is 309 g/mol. The van der Waals surface area contributed by atoms with Crippen LogP contribution in [-0.4, -0.2) is 54.1 Å². The molecule has 1 heterocycles. The van der Waals surface area contributed by atoms with Crippen molar-refractivity contribution in [2.24, 2.45) is 0 Å². The summed E-state index contributed by atoms with van der Waals surface area (Å²) in [4.78, 5) is 15.3. The smallest absolute Gasteiger partial charge is 0.223 e. The van der Waals surface area contributed by atoms with E-state index in [4.69, 9.17) is 9.84 Å². The van der Waals surface area contributed by atoms with Crippen LogP contribution in [-0.2, 0) is 9.53 Å². The lowest BCUT2D eigenvalue weighted by molar-refractivity contribution is -0.133. The number of aliphatic hydroxyl groups is 1. The quantitative estimate of drug-likeness (QED) is 0.784. The van der Waals surface area contributed by atoms with E-state index in [0.29, 0.717) is 13.0 Å². The van der Waals surface area contributed by atoms with Gasteiger partial charge in [-0.2, -0.15) is 0 Å². The van der Waals surface area contributed by atoms with Crippen molar-refractivity contribution in [1.29, 1.82) is 0 Å². The second-order valence-corrected chi connectivity index (χ2v) is 6.25. The van der Waals surface area contributed by atoms with Crippen LogP contribution in [0.15, 0.2) is 35.2 Å². The highest BCUT2D eigenvalue weighted by molar-refractivity contribution is 7.99. The van der Waals surface area contributed by atoms with Crippen molar-refractivity contribution in [3.8, 4) is 0 Å². The third kappa shape index (κ3) is 5.69. The Balaban J connectivity index is 1.63. The summed E-state index contributed by atoms with van der Waals surface area (Å²) in [5.74, 6) is 1.06. The molecule has 2 rings (SSSR count). The summed E-state index contributed by atoms with van der Waals surface area (Å²) >= 11 is 1.72. The van der Waals surface area contributed by atoms with E-state index < -0.39 is 0 Å². The molecule has 0 spiro atoms. The van der Waals surface area contributed by atoms with E-state index in [1.54, 1.807) is 11.8 Å². The highest BCUT2D eigenvalue weighted by atomic mass is 32.2. The van der Waals surface area contributed by atoms with Gasteiger partial charge in [-0.15, -0.1) is 11.8 Å². The van der Waals surface area contributed by atoms with Gasteiger partial charge in [-0.25, -0.2) is 0 Å². The molecule has 1 aliphatic rings. The molecule has 1 N–H and O–H groups in total. The molecule has 0 aliphatic carbocycles. The summed E-state index contributed by atoms with van der Waals surface area (Å²) in [6.07, 6.45) is 2.52. The van der Waals surface area contributed by atoms with E-state index in [9.17, 15) is 4.79 Å². The number of thioether (sulfide) groups is 1. The first-order chi connectivity index (χ1) is 10.3. The van der Waals surface area contributed by atoms with Gasteiger partial charge in [0.25, 0.3) is 0 Å². The number of benzene rings is 1. The van der Waals surface area contributed by atoms with E-state index in [1.807, 2.05) is 23.1 Å². The first kappa shape index (κ1) is 16.3. The zero-order valence-corrected chi connectivity index (χ0v) is 13.1. The second-order valence-electron chi connectivity index (χ2n) is 5.09. The van der Waals surface area contributed by atoms with Gasteiger partial charge in [0, 0.05) is 30.2 Å². The van der Waals surface area contributed by atoms with Crippen LogP contribution in [0.2, 0.25) is 0 Å². The van der Waals surface area contributed by atoms with Crippen molar-refractivity contribution in [2.75, 3.05) is 32.1 Å². The number of piperidine rings is 1. The Morgan fingerprint density at radius 1 is 1.29 bits per heavy atom. The molecule has 0 atom stereocenters. The lowest BCUT2D eigenvalue weighted by Crippen LogP contribution is -2.41. The fourth-order valence-electron chi connectivity index (χ4n) is 2.42. The summed E-state index contributed by atoms with van der Waals surface area (Å²) in [5, 5.41) is 8.74. The molecule has 116 valence electrons. The van der Waals surface area contributed by atoms with Crippen LogP contribution in [0, 0.1) is 0 Å². The molecule has 5 heteroatoms. The minimum Gasteiger partial charge on any atom is -0.394 e. The molecule has 0 bridgehead atoms. The lowest BCUT2D eigenvalue weighted by atomic mass is 10.1. The summed E-state index contributed by atoms with van der Waals surface area (Å²) in [6, 6.07) is 10.2. The van der Waals surface area contributed by atoms with Crippen molar-refractivity contribution in [2.45, 2.75) is 30.3 Å². The summed E-state index contributed by atoms with van der Waals surface area (Å²) in [6.45, 7) is 2.00. The van der Waals surface area contributed by atoms with Gasteiger partial charge < -0.3 is 14.7 Å². The molecule has 21 heavy (non-hydrogen) atoms. The number of amides is 1. The van der Waals surface area contributed by atoms with Crippen molar-refractivity contribution < 1.29 is 14.6 Å². The zero-order chi connectivity index (χ0) is 14.9. The molecule has 1 aromatic rings.